The van der Waals surface area contributed by atoms with Crippen LogP contribution in [-0.4, -0.2) is 28.1 Å². The molecule has 0 aliphatic carbocycles. The van der Waals surface area contributed by atoms with Gasteiger partial charge in [0.1, 0.15) is 0 Å². The maximum Gasteiger partial charge on any atom is 0.240 e. The van der Waals surface area contributed by atoms with Crippen molar-refractivity contribution in [3.05, 3.63) is 24.3 Å². The average molecular weight is 299 g/mol. The third-order valence-electron chi connectivity index (χ3n) is 3.03. The summed E-state index contributed by atoms with van der Waals surface area (Å²) in [7, 11) is -3.38. The molecule has 5 nitrogen and oxygen atoms in total. The van der Waals surface area contributed by atoms with Crippen LogP contribution in [0.1, 0.15) is 27.2 Å². The van der Waals surface area contributed by atoms with Gasteiger partial charge in [-0.2, -0.15) is 0 Å². The number of hydrogen-bond acceptors (Lipinski definition) is 4. The van der Waals surface area contributed by atoms with E-state index in [1.165, 1.54) is 0 Å². The molecule has 4 N–H and O–H groups in total. The largest absolute Gasteiger partial charge is 0.384 e. The number of nitrogens with one attached hydrogen (secondary N) is 2. The quantitative estimate of drug-likeness (QED) is 0.683. The predicted octanol–water partition coefficient (Wildman–Crippen LogP) is 1.77. The minimum Gasteiger partial charge on any atom is -0.384 e. The summed E-state index contributed by atoms with van der Waals surface area (Å²) in [4.78, 5) is 0.287. The van der Waals surface area contributed by atoms with E-state index < -0.39 is 10.0 Å². The van der Waals surface area contributed by atoms with E-state index in [2.05, 4.69) is 23.9 Å². The molecule has 0 unspecified atom stereocenters. The van der Waals surface area contributed by atoms with Gasteiger partial charge in [-0.3, -0.25) is 0 Å². The molecule has 0 aromatic heterocycles. The Morgan fingerprint density at radius 2 is 1.80 bits per heavy atom. The van der Waals surface area contributed by atoms with Gasteiger partial charge in [0.15, 0.2) is 0 Å². The molecular formula is C14H25N3O2S. The van der Waals surface area contributed by atoms with Crippen molar-refractivity contribution in [3.63, 3.8) is 0 Å². The summed E-state index contributed by atoms with van der Waals surface area (Å²) in [5.41, 5.74) is 6.57. The van der Waals surface area contributed by atoms with Gasteiger partial charge in [-0.05, 0) is 42.6 Å². The van der Waals surface area contributed by atoms with Crippen molar-refractivity contribution in [2.24, 2.45) is 11.1 Å². The highest BCUT2D eigenvalue weighted by molar-refractivity contribution is 7.89. The van der Waals surface area contributed by atoms with Crippen LogP contribution in [0.25, 0.3) is 0 Å². The third kappa shape index (κ3) is 5.11. The highest BCUT2D eigenvalue weighted by Crippen LogP contribution is 2.17. The molecule has 1 aromatic carbocycles. The zero-order chi connectivity index (χ0) is 15.2. The second-order valence-corrected chi connectivity index (χ2v) is 7.41. The van der Waals surface area contributed by atoms with Crippen LogP contribution in [0.2, 0.25) is 0 Å². The first-order valence-electron chi connectivity index (χ1n) is 6.84. The van der Waals surface area contributed by atoms with Crippen LogP contribution in [0.5, 0.6) is 0 Å². The zero-order valence-corrected chi connectivity index (χ0v) is 13.3. The van der Waals surface area contributed by atoms with Crippen molar-refractivity contribution in [1.82, 2.24) is 4.72 Å². The molecular weight excluding hydrogens is 274 g/mol. The summed E-state index contributed by atoms with van der Waals surface area (Å²) in [6, 6.07) is 6.76. The standard InChI is InChI=1S/C14H25N3O2S/c1-4-9-17-20(18,19)13-7-5-12(6-8-13)16-11-14(2,3)10-15/h5-8,16-17H,4,9-11,15H2,1-3H3. The lowest BCUT2D eigenvalue weighted by atomic mass is 9.94. The normalized spacial score (nSPS) is 12.4. The Balaban J connectivity index is 2.69. The molecule has 1 aromatic rings. The first kappa shape index (κ1) is 16.9. The zero-order valence-electron chi connectivity index (χ0n) is 12.4. The second-order valence-electron chi connectivity index (χ2n) is 5.64. The van der Waals surface area contributed by atoms with E-state index in [-0.39, 0.29) is 10.3 Å². The lowest BCUT2D eigenvalue weighted by molar-refractivity contribution is 0.405. The van der Waals surface area contributed by atoms with Gasteiger partial charge in [-0.25, -0.2) is 13.1 Å². The van der Waals surface area contributed by atoms with Gasteiger partial charge in [0, 0.05) is 18.8 Å². The molecule has 0 saturated heterocycles. The highest BCUT2D eigenvalue weighted by Gasteiger charge is 2.15. The average Bonchev–Trinajstić information content (AvgIpc) is 2.43. The molecule has 114 valence electrons. The summed E-state index contributed by atoms with van der Waals surface area (Å²) in [5.74, 6) is 0. The molecule has 0 atom stereocenters. The molecule has 0 bridgehead atoms. The Kier molecular flexibility index (Phi) is 5.98. The van der Waals surface area contributed by atoms with Crippen molar-refractivity contribution < 1.29 is 8.42 Å². The second kappa shape index (κ2) is 7.06. The smallest absolute Gasteiger partial charge is 0.240 e. The molecule has 1 rings (SSSR count). The minimum atomic E-state index is -3.38. The van der Waals surface area contributed by atoms with Crippen molar-refractivity contribution in [2.45, 2.75) is 32.1 Å². The SMILES string of the molecule is CCCNS(=O)(=O)c1ccc(NCC(C)(C)CN)cc1. The summed E-state index contributed by atoms with van der Waals surface area (Å²) in [6.07, 6.45) is 0.771. The molecule has 0 amide bonds. The van der Waals surface area contributed by atoms with Crippen LogP contribution in [-0.2, 0) is 10.0 Å². The number of anilines is 1. The number of sulfonamides is 1. The topological polar surface area (TPSA) is 84.2 Å². The van der Waals surface area contributed by atoms with E-state index >= 15 is 0 Å². The molecule has 0 fully saturated rings. The van der Waals surface area contributed by atoms with Gasteiger partial charge in [0.25, 0.3) is 0 Å². The molecule has 6 heteroatoms. The summed E-state index contributed by atoms with van der Waals surface area (Å²) in [5, 5.41) is 3.26. The lowest BCUT2D eigenvalue weighted by Crippen LogP contribution is -2.31. The van der Waals surface area contributed by atoms with E-state index in [9.17, 15) is 8.42 Å². The summed E-state index contributed by atoms with van der Waals surface area (Å²) >= 11 is 0. The van der Waals surface area contributed by atoms with Crippen LogP contribution in [0.4, 0.5) is 5.69 Å². The van der Waals surface area contributed by atoms with Gasteiger partial charge < -0.3 is 11.1 Å². The lowest BCUT2D eigenvalue weighted by Gasteiger charge is -2.23. The fourth-order valence-corrected chi connectivity index (χ4v) is 2.62. The Morgan fingerprint density at radius 1 is 1.20 bits per heavy atom. The minimum absolute atomic E-state index is 0.00737. The first-order valence-corrected chi connectivity index (χ1v) is 8.33. The molecule has 0 aliphatic rings. The van der Waals surface area contributed by atoms with E-state index in [0.717, 1.165) is 18.7 Å². The molecule has 0 aliphatic heterocycles. The van der Waals surface area contributed by atoms with Gasteiger partial charge in [-0.15, -0.1) is 0 Å². The first-order chi connectivity index (χ1) is 9.30. The highest BCUT2D eigenvalue weighted by atomic mass is 32.2. The maximum absolute atomic E-state index is 11.9. The fraction of sp³-hybridized carbons (Fsp3) is 0.571. The van der Waals surface area contributed by atoms with Crippen LogP contribution < -0.4 is 15.8 Å². The van der Waals surface area contributed by atoms with Crippen LogP contribution in [0.3, 0.4) is 0 Å². The Hall–Kier alpha value is -1.11. The summed E-state index contributed by atoms with van der Waals surface area (Å²) < 4.78 is 26.4. The third-order valence-corrected chi connectivity index (χ3v) is 4.51. The van der Waals surface area contributed by atoms with Gasteiger partial charge >= 0.3 is 0 Å². The number of nitrogens with two attached hydrogens (primary N) is 1. The van der Waals surface area contributed by atoms with E-state index in [1.807, 2.05) is 6.92 Å². The molecule has 20 heavy (non-hydrogen) atoms. The number of rotatable bonds is 8. The van der Waals surface area contributed by atoms with Crippen molar-refractivity contribution in [3.8, 4) is 0 Å². The molecule has 0 saturated carbocycles. The Morgan fingerprint density at radius 3 is 2.30 bits per heavy atom. The van der Waals surface area contributed by atoms with E-state index in [0.29, 0.717) is 13.1 Å². The van der Waals surface area contributed by atoms with E-state index in [1.54, 1.807) is 24.3 Å². The van der Waals surface area contributed by atoms with Gasteiger partial charge in [-0.1, -0.05) is 20.8 Å². The van der Waals surface area contributed by atoms with Gasteiger partial charge in [0.05, 0.1) is 4.90 Å². The Labute approximate surface area is 122 Å². The molecule has 0 spiro atoms. The fourth-order valence-electron chi connectivity index (χ4n) is 1.49. The van der Waals surface area contributed by atoms with Crippen molar-refractivity contribution in [1.29, 1.82) is 0 Å². The van der Waals surface area contributed by atoms with Crippen molar-refractivity contribution >= 4 is 15.7 Å². The Bertz CT molecular complexity index is 510. The maximum atomic E-state index is 11.9. The monoisotopic (exact) mass is 299 g/mol. The van der Waals surface area contributed by atoms with Crippen LogP contribution in [0, 0.1) is 5.41 Å². The number of benzene rings is 1. The molecule has 0 heterocycles. The van der Waals surface area contributed by atoms with Crippen molar-refractivity contribution in [2.75, 3.05) is 25.0 Å². The van der Waals surface area contributed by atoms with E-state index in [4.69, 9.17) is 5.73 Å². The summed E-state index contributed by atoms with van der Waals surface area (Å²) in [6.45, 7) is 7.86. The van der Waals surface area contributed by atoms with Crippen LogP contribution >= 0.6 is 0 Å². The van der Waals surface area contributed by atoms with Crippen LogP contribution in [0.15, 0.2) is 29.2 Å². The predicted molar refractivity (Wildman–Crippen MR) is 83.2 cm³/mol. The number of hydrogen-bond donors (Lipinski definition) is 3. The van der Waals surface area contributed by atoms with Gasteiger partial charge in [0.2, 0.25) is 10.0 Å². The molecule has 0 radical (unpaired) electrons.